The zero-order valence-corrected chi connectivity index (χ0v) is 12.5. The first-order chi connectivity index (χ1) is 10.1. The van der Waals surface area contributed by atoms with Crippen LogP contribution in [-0.2, 0) is 9.59 Å². The van der Waals surface area contributed by atoms with E-state index in [0.29, 0.717) is 6.54 Å². The molecule has 2 saturated heterocycles. The summed E-state index contributed by atoms with van der Waals surface area (Å²) in [5, 5.41) is 2.41. The highest BCUT2D eigenvalue weighted by atomic mass is 16.2. The van der Waals surface area contributed by atoms with E-state index in [1.807, 2.05) is 7.05 Å². The number of hydrogen-bond acceptors (Lipinski definition) is 4. The molecule has 0 radical (unpaired) electrons. The summed E-state index contributed by atoms with van der Waals surface area (Å²) < 4.78 is 0. The third-order valence-electron chi connectivity index (χ3n) is 5.07. The van der Waals surface area contributed by atoms with Gasteiger partial charge in [0.2, 0.25) is 11.8 Å². The Morgan fingerprint density at radius 3 is 2.43 bits per heavy atom. The quantitative estimate of drug-likeness (QED) is 0.770. The van der Waals surface area contributed by atoms with Crippen LogP contribution in [0.25, 0.3) is 0 Å². The first-order valence-electron chi connectivity index (χ1n) is 7.94. The van der Waals surface area contributed by atoms with Crippen LogP contribution in [0.15, 0.2) is 0 Å². The summed E-state index contributed by atoms with van der Waals surface area (Å²) in [6.07, 6.45) is 5.77. The van der Waals surface area contributed by atoms with Gasteiger partial charge in [0, 0.05) is 6.54 Å². The van der Waals surface area contributed by atoms with E-state index in [1.54, 1.807) is 0 Å². The molecule has 4 amide bonds. The molecule has 0 aromatic rings. The predicted molar refractivity (Wildman–Crippen MR) is 76.4 cm³/mol. The number of nitrogens with zero attached hydrogens (tertiary/aromatic N) is 2. The van der Waals surface area contributed by atoms with Crippen LogP contribution in [0.5, 0.6) is 0 Å². The maximum atomic E-state index is 12.8. The SMILES string of the molecule is CN1CCCC(N2C(=O)NC(=O)C(C3CCCC3)C2=O)C1. The van der Waals surface area contributed by atoms with Crippen LogP contribution in [0.4, 0.5) is 4.79 Å². The Morgan fingerprint density at radius 1 is 1.05 bits per heavy atom. The lowest BCUT2D eigenvalue weighted by atomic mass is 9.86. The number of piperidine rings is 1. The van der Waals surface area contributed by atoms with Gasteiger partial charge in [0.25, 0.3) is 0 Å². The molecule has 3 rings (SSSR count). The second-order valence-corrected chi connectivity index (χ2v) is 6.58. The fraction of sp³-hybridized carbons (Fsp3) is 0.800. The van der Waals surface area contributed by atoms with Crippen LogP contribution in [0.3, 0.4) is 0 Å². The van der Waals surface area contributed by atoms with Crippen LogP contribution < -0.4 is 5.32 Å². The third kappa shape index (κ3) is 2.69. The number of hydrogen-bond donors (Lipinski definition) is 1. The fourth-order valence-corrected chi connectivity index (χ4v) is 4.01. The molecule has 1 saturated carbocycles. The Morgan fingerprint density at radius 2 is 1.76 bits per heavy atom. The van der Waals surface area contributed by atoms with Crippen molar-refractivity contribution in [3.05, 3.63) is 0 Å². The first-order valence-corrected chi connectivity index (χ1v) is 7.94. The number of rotatable bonds is 2. The highest BCUT2D eigenvalue weighted by molar-refractivity contribution is 6.16. The molecule has 3 fully saturated rings. The summed E-state index contributed by atoms with van der Waals surface area (Å²) in [6.45, 7) is 1.69. The highest BCUT2D eigenvalue weighted by Crippen LogP contribution is 2.34. The van der Waals surface area contributed by atoms with Crippen molar-refractivity contribution in [2.45, 2.75) is 44.6 Å². The predicted octanol–water partition coefficient (Wildman–Crippen LogP) is 0.965. The Balaban J connectivity index is 1.80. The lowest BCUT2D eigenvalue weighted by molar-refractivity contribution is -0.147. The molecule has 6 heteroatoms. The largest absolute Gasteiger partial charge is 0.331 e. The molecule has 116 valence electrons. The molecular formula is C15H23N3O3. The summed E-state index contributed by atoms with van der Waals surface area (Å²) in [6, 6.07) is -0.632. The minimum Gasteiger partial charge on any atom is -0.304 e. The molecular weight excluding hydrogens is 270 g/mol. The average molecular weight is 293 g/mol. The van der Waals surface area contributed by atoms with Crippen molar-refractivity contribution >= 4 is 17.8 Å². The van der Waals surface area contributed by atoms with E-state index in [1.165, 1.54) is 4.90 Å². The number of amides is 4. The van der Waals surface area contributed by atoms with Gasteiger partial charge in [0.15, 0.2) is 0 Å². The van der Waals surface area contributed by atoms with Gasteiger partial charge < -0.3 is 4.90 Å². The number of carbonyl (C=O) groups is 3. The second-order valence-electron chi connectivity index (χ2n) is 6.58. The van der Waals surface area contributed by atoms with E-state index in [2.05, 4.69) is 10.2 Å². The number of barbiturate groups is 1. The van der Waals surface area contributed by atoms with E-state index in [-0.39, 0.29) is 17.9 Å². The highest BCUT2D eigenvalue weighted by Gasteiger charge is 2.47. The van der Waals surface area contributed by atoms with E-state index in [0.717, 1.165) is 45.1 Å². The summed E-state index contributed by atoms with van der Waals surface area (Å²) in [5.41, 5.74) is 0. The number of urea groups is 1. The topological polar surface area (TPSA) is 69.7 Å². The summed E-state index contributed by atoms with van der Waals surface area (Å²) in [5.74, 6) is -1.21. The van der Waals surface area contributed by atoms with Crippen molar-refractivity contribution in [3.63, 3.8) is 0 Å². The van der Waals surface area contributed by atoms with Gasteiger partial charge in [-0.05, 0) is 45.2 Å². The second kappa shape index (κ2) is 5.75. The lowest BCUT2D eigenvalue weighted by Crippen LogP contribution is -2.64. The molecule has 2 atom stereocenters. The van der Waals surface area contributed by atoms with E-state index < -0.39 is 17.9 Å². The minimum absolute atomic E-state index is 0.103. The molecule has 0 aromatic carbocycles. The summed E-state index contributed by atoms with van der Waals surface area (Å²) in [4.78, 5) is 40.5. The molecule has 1 aliphatic carbocycles. The molecule has 2 unspecified atom stereocenters. The van der Waals surface area contributed by atoms with Gasteiger partial charge in [0.05, 0.1) is 6.04 Å². The average Bonchev–Trinajstić information content (AvgIpc) is 2.92. The van der Waals surface area contributed by atoms with Gasteiger partial charge in [-0.1, -0.05) is 12.8 Å². The van der Waals surface area contributed by atoms with Crippen LogP contribution in [0.1, 0.15) is 38.5 Å². The minimum atomic E-state index is -0.655. The molecule has 2 heterocycles. The van der Waals surface area contributed by atoms with Crippen LogP contribution in [0.2, 0.25) is 0 Å². The lowest BCUT2D eigenvalue weighted by Gasteiger charge is -2.41. The monoisotopic (exact) mass is 293 g/mol. The third-order valence-corrected chi connectivity index (χ3v) is 5.07. The Labute approximate surface area is 124 Å². The van der Waals surface area contributed by atoms with Gasteiger partial charge >= 0.3 is 6.03 Å². The van der Waals surface area contributed by atoms with Crippen LogP contribution >= 0.6 is 0 Å². The molecule has 3 aliphatic rings. The Hall–Kier alpha value is -1.43. The van der Waals surface area contributed by atoms with Crippen molar-refractivity contribution in [1.82, 2.24) is 15.1 Å². The number of likely N-dealkylation sites (tertiary alicyclic amines) is 1. The number of carbonyl (C=O) groups excluding carboxylic acids is 3. The fourth-order valence-electron chi connectivity index (χ4n) is 4.01. The first kappa shape index (κ1) is 14.5. The molecule has 21 heavy (non-hydrogen) atoms. The normalized spacial score (nSPS) is 32.6. The van der Waals surface area contributed by atoms with E-state index in [4.69, 9.17) is 0 Å². The molecule has 2 aliphatic heterocycles. The Kier molecular flexibility index (Phi) is 3.97. The van der Waals surface area contributed by atoms with Crippen molar-refractivity contribution in [3.8, 4) is 0 Å². The van der Waals surface area contributed by atoms with Gasteiger partial charge in [-0.3, -0.25) is 19.8 Å². The van der Waals surface area contributed by atoms with Gasteiger partial charge in [-0.25, -0.2) is 4.79 Å². The Bertz CT molecular complexity index is 459. The molecule has 0 aromatic heterocycles. The molecule has 0 spiro atoms. The summed E-state index contributed by atoms with van der Waals surface area (Å²) >= 11 is 0. The van der Waals surface area contributed by atoms with E-state index in [9.17, 15) is 14.4 Å². The van der Waals surface area contributed by atoms with Crippen LogP contribution in [0, 0.1) is 11.8 Å². The zero-order chi connectivity index (χ0) is 15.0. The van der Waals surface area contributed by atoms with Gasteiger partial charge in [-0.2, -0.15) is 0 Å². The van der Waals surface area contributed by atoms with Crippen LogP contribution in [-0.4, -0.2) is 53.8 Å². The number of likely N-dealkylation sites (N-methyl/N-ethyl adjacent to an activating group) is 1. The molecule has 0 bridgehead atoms. The van der Waals surface area contributed by atoms with Crippen molar-refractivity contribution in [1.29, 1.82) is 0 Å². The van der Waals surface area contributed by atoms with Crippen molar-refractivity contribution < 1.29 is 14.4 Å². The number of nitrogens with one attached hydrogen (secondary N) is 1. The molecule has 1 N–H and O–H groups in total. The van der Waals surface area contributed by atoms with Gasteiger partial charge in [-0.15, -0.1) is 0 Å². The van der Waals surface area contributed by atoms with Crippen molar-refractivity contribution in [2.75, 3.05) is 20.1 Å². The smallest absolute Gasteiger partial charge is 0.304 e. The van der Waals surface area contributed by atoms with Crippen molar-refractivity contribution in [2.24, 2.45) is 11.8 Å². The maximum absolute atomic E-state index is 12.8. The summed E-state index contributed by atoms with van der Waals surface area (Å²) in [7, 11) is 2.00. The zero-order valence-electron chi connectivity index (χ0n) is 12.5. The van der Waals surface area contributed by atoms with Gasteiger partial charge in [0.1, 0.15) is 5.92 Å². The maximum Gasteiger partial charge on any atom is 0.331 e. The molecule has 6 nitrogen and oxygen atoms in total. The number of imide groups is 2. The standard InChI is InChI=1S/C15H23N3O3/c1-17-8-4-7-11(9-17)18-14(20)12(10-5-2-3-6-10)13(19)16-15(18)21/h10-12H,2-9H2,1H3,(H,16,19,21). The van der Waals surface area contributed by atoms with E-state index >= 15 is 0 Å².